The van der Waals surface area contributed by atoms with E-state index in [1.807, 2.05) is 29.6 Å². The summed E-state index contributed by atoms with van der Waals surface area (Å²) in [5.74, 6) is 4.36. The lowest BCUT2D eigenvalue weighted by Crippen LogP contribution is -2.09. The molecule has 1 aliphatic rings. The van der Waals surface area contributed by atoms with E-state index in [9.17, 15) is 0 Å². The fourth-order valence-electron chi connectivity index (χ4n) is 2.52. The van der Waals surface area contributed by atoms with E-state index in [1.165, 1.54) is 34.6 Å². The standard InChI is InChI=1S/C20H24O2S2/c1-15-4-7-19(14-16(15)2)22-11-10-21-18-8-5-17(6-9-18)20-23-12-3-13-24-20/h4-9,14,20H,3,10-13H2,1-2H3. The van der Waals surface area contributed by atoms with Gasteiger partial charge in [-0.1, -0.05) is 18.2 Å². The van der Waals surface area contributed by atoms with Gasteiger partial charge in [-0.3, -0.25) is 0 Å². The fraction of sp³-hybridized carbons (Fsp3) is 0.400. The van der Waals surface area contributed by atoms with Gasteiger partial charge in [0.1, 0.15) is 24.7 Å². The van der Waals surface area contributed by atoms with Crippen LogP contribution in [0.1, 0.15) is 27.7 Å². The van der Waals surface area contributed by atoms with Crippen LogP contribution in [0.3, 0.4) is 0 Å². The van der Waals surface area contributed by atoms with Crippen LogP contribution in [0.5, 0.6) is 11.5 Å². The number of aryl methyl sites for hydroxylation is 2. The van der Waals surface area contributed by atoms with Crippen molar-refractivity contribution >= 4 is 23.5 Å². The Balaban J connectivity index is 1.44. The largest absolute Gasteiger partial charge is 0.490 e. The summed E-state index contributed by atoms with van der Waals surface area (Å²) in [7, 11) is 0. The second-order valence-corrected chi connectivity index (χ2v) is 8.66. The molecule has 0 atom stereocenters. The normalized spacial score (nSPS) is 15.2. The molecule has 1 saturated heterocycles. The topological polar surface area (TPSA) is 18.5 Å². The van der Waals surface area contributed by atoms with Gasteiger partial charge in [-0.05, 0) is 72.7 Å². The van der Waals surface area contributed by atoms with E-state index in [2.05, 4.69) is 50.2 Å². The Bertz CT molecular complexity index is 649. The smallest absolute Gasteiger partial charge is 0.122 e. The monoisotopic (exact) mass is 360 g/mol. The minimum absolute atomic E-state index is 0.554. The van der Waals surface area contributed by atoms with Gasteiger partial charge >= 0.3 is 0 Å². The highest BCUT2D eigenvalue weighted by molar-refractivity contribution is 8.16. The molecule has 2 aromatic carbocycles. The first-order valence-electron chi connectivity index (χ1n) is 8.38. The third-order valence-electron chi connectivity index (χ3n) is 4.08. The average molecular weight is 361 g/mol. The van der Waals surface area contributed by atoms with E-state index in [1.54, 1.807) is 0 Å². The second-order valence-electron chi connectivity index (χ2n) is 5.94. The van der Waals surface area contributed by atoms with Crippen molar-refractivity contribution in [3.63, 3.8) is 0 Å². The molecule has 2 nitrogen and oxygen atoms in total. The van der Waals surface area contributed by atoms with Crippen LogP contribution in [0.25, 0.3) is 0 Å². The predicted molar refractivity (Wildman–Crippen MR) is 106 cm³/mol. The van der Waals surface area contributed by atoms with Crippen molar-refractivity contribution in [2.75, 3.05) is 24.7 Å². The van der Waals surface area contributed by atoms with Crippen LogP contribution in [0, 0.1) is 13.8 Å². The molecule has 0 saturated carbocycles. The lowest BCUT2D eigenvalue weighted by Gasteiger charge is -2.21. The zero-order valence-corrected chi connectivity index (χ0v) is 15.9. The van der Waals surface area contributed by atoms with Crippen LogP contribution in [0.15, 0.2) is 42.5 Å². The van der Waals surface area contributed by atoms with Gasteiger partial charge in [-0.25, -0.2) is 0 Å². The molecule has 4 heteroatoms. The summed E-state index contributed by atoms with van der Waals surface area (Å²) in [6.45, 7) is 5.32. The van der Waals surface area contributed by atoms with Gasteiger partial charge in [-0.2, -0.15) is 0 Å². The summed E-state index contributed by atoms with van der Waals surface area (Å²) in [4.78, 5) is 0. The Kier molecular flexibility index (Phi) is 6.38. The lowest BCUT2D eigenvalue weighted by atomic mass is 10.1. The highest BCUT2D eigenvalue weighted by atomic mass is 32.2. The summed E-state index contributed by atoms with van der Waals surface area (Å²) in [5.41, 5.74) is 3.93. The molecule has 1 fully saturated rings. The van der Waals surface area contributed by atoms with E-state index in [0.717, 1.165) is 11.5 Å². The van der Waals surface area contributed by atoms with Crippen LogP contribution < -0.4 is 9.47 Å². The molecule has 0 spiro atoms. The summed E-state index contributed by atoms with van der Waals surface area (Å²) < 4.78 is 12.1. The molecule has 0 aliphatic carbocycles. The molecule has 2 aromatic rings. The first-order valence-corrected chi connectivity index (χ1v) is 10.5. The first kappa shape index (κ1) is 17.6. The number of ether oxygens (including phenoxy) is 2. The van der Waals surface area contributed by atoms with Gasteiger partial charge in [0.15, 0.2) is 0 Å². The summed E-state index contributed by atoms with van der Waals surface area (Å²) in [5, 5.41) is 0. The molecule has 3 rings (SSSR count). The van der Waals surface area contributed by atoms with Crippen LogP contribution in [-0.4, -0.2) is 24.7 Å². The molecule has 0 radical (unpaired) electrons. The maximum Gasteiger partial charge on any atom is 0.122 e. The molecule has 0 N–H and O–H groups in total. The van der Waals surface area contributed by atoms with Crippen molar-refractivity contribution in [3.8, 4) is 11.5 Å². The Hall–Kier alpha value is -1.26. The van der Waals surface area contributed by atoms with Gasteiger partial charge in [0.05, 0.1) is 4.58 Å². The van der Waals surface area contributed by atoms with E-state index >= 15 is 0 Å². The van der Waals surface area contributed by atoms with Crippen molar-refractivity contribution in [2.24, 2.45) is 0 Å². The Labute approximate surface area is 153 Å². The van der Waals surface area contributed by atoms with Crippen LogP contribution in [0.2, 0.25) is 0 Å². The minimum Gasteiger partial charge on any atom is -0.490 e. The summed E-state index contributed by atoms with van der Waals surface area (Å²) in [6, 6.07) is 14.7. The minimum atomic E-state index is 0.554. The van der Waals surface area contributed by atoms with E-state index in [0.29, 0.717) is 17.8 Å². The van der Waals surface area contributed by atoms with Gasteiger partial charge in [0.2, 0.25) is 0 Å². The molecule has 0 aromatic heterocycles. The maximum absolute atomic E-state index is 5.79. The number of thioether (sulfide) groups is 2. The van der Waals surface area contributed by atoms with Gasteiger partial charge in [-0.15, -0.1) is 23.5 Å². The third kappa shape index (κ3) is 4.87. The fourth-order valence-corrected chi connectivity index (χ4v) is 5.42. The second kappa shape index (κ2) is 8.72. The summed E-state index contributed by atoms with van der Waals surface area (Å²) >= 11 is 4.09. The molecular formula is C20H24O2S2. The molecule has 1 heterocycles. The first-order chi connectivity index (χ1) is 11.7. The number of rotatable bonds is 6. The van der Waals surface area contributed by atoms with Gasteiger partial charge in [0, 0.05) is 0 Å². The molecule has 0 amide bonds. The van der Waals surface area contributed by atoms with Gasteiger partial charge < -0.3 is 9.47 Å². The maximum atomic E-state index is 5.79. The van der Waals surface area contributed by atoms with Crippen molar-refractivity contribution in [3.05, 3.63) is 59.2 Å². The Morgan fingerprint density at radius 2 is 1.46 bits per heavy atom. The molecule has 1 aliphatic heterocycles. The molecule has 128 valence electrons. The molecule has 24 heavy (non-hydrogen) atoms. The predicted octanol–water partition coefficient (Wildman–Crippen LogP) is 5.63. The van der Waals surface area contributed by atoms with Crippen LogP contribution in [0.4, 0.5) is 0 Å². The Morgan fingerprint density at radius 3 is 2.12 bits per heavy atom. The average Bonchev–Trinajstić information content (AvgIpc) is 2.63. The van der Waals surface area contributed by atoms with Crippen molar-refractivity contribution in [2.45, 2.75) is 24.9 Å². The highest BCUT2D eigenvalue weighted by Crippen LogP contribution is 2.43. The van der Waals surface area contributed by atoms with E-state index in [4.69, 9.17) is 9.47 Å². The van der Waals surface area contributed by atoms with Crippen molar-refractivity contribution < 1.29 is 9.47 Å². The van der Waals surface area contributed by atoms with Gasteiger partial charge in [0.25, 0.3) is 0 Å². The van der Waals surface area contributed by atoms with Crippen LogP contribution >= 0.6 is 23.5 Å². The molecule has 0 unspecified atom stereocenters. The van der Waals surface area contributed by atoms with Crippen molar-refractivity contribution in [1.82, 2.24) is 0 Å². The molecule has 0 bridgehead atoms. The zero-order chi connectivity index (χ0) is 16.8. The highest BCUT2D eigenvalue weighted by Gasteiger charge is 2.16. The van der Waals surface area contributed by atoms with E-state index in [-0.39, 0.29) is 0 Å². The van der Waals surface area contributed by atoms with E-state index < -0.39 is 0 Å². The SMILES string of the molecule is Cc1ccc(OCCOc2ccc(C3SCCCS3)cc2)cc1C. The zero-order valence-electron chi connectivity index (χ0n) is 14.3. The number of hydrogen-bond acceptors (Lipinski definition) is 4. The molecular weight excluding hydrogens is 336 g/mol. The number of benzene rings is 2. The van der Waals surface area contributed by atoms with Crippen LogP contribution in [-0.2, 0) is 0 Å². The lowest BCUT2D eigenvalue weighted by molar-refractivity contribution is 0.217. The van der Waals surface area contributed by atoms with Crippen molar-refractivity contribution in [1.29, 1.82) is 0 Å². The quantitative estimate of drug-likeness (QED) is 0.621. The summed E-state index contributed by atoms with van der Waals surface area (Å²) in [6.07, 6.45) is 1.33. The number of hydrogen-bond donors (Lipinski definition) is 0. The Morgan fingerprint density at radius 1 is 0.833 bits per heavy atom. The third-order valence-corrected chi connectivity index (χ3v) is 7.09.